The van der Waals surface area contributed by atoms with E-state index in [0.29, 0.717) is 13.2 Å². The van der Waals surface area contributed by atoms with Crippen molar-refractivity contribution < 1.29 is 4.74 Å². The second-order valence-electron chi connectivity index (χ2n) is 3.70. The minimum Gasteiger partial charge on any atom is -0.374 e. The summed E-state index contributed by atoms with van der Waals surface area (Å²) < 4.78 is 9.52. The first kappa shape index (κ1) is 13.3. The summed E-state index contributed by atoms with van der Waals surface area (Å²) in [6.07, 6.45) is 0. The fourth-order valence-electron chi connectivity index (χ4n) is 1.49. The molecule has 0 aliphatic carbocycles. The lowest BCUT2D eigenvalue weighted by molar-refractivity contribution is 0.105. The minimum absolute atomic E-state index is 0.450. The molecule has 0 fully saturated rings. The molecule has 1 N–H and O–H groups in total. The average Bonchev–Trinajstić information content (AvgIpc) is 2.78. The van der Waals surface area contributed by atoms with Gasteiger partial charge in [0.05, 0.1) is 13.2 Å². The number of nitrogens with zero attached hydrogens (tertiary/aromatic N) is 2. The third-order valence-corrected chi connectivity index (χ3v) is 3.25. The largest absolute Gasteiger partial charge is 0.374 e. The van der Waals surface area contributed by atoms with Crippen molar-refractivity contribution in [3.8, 4) is 0 Å². The predicted molar refractivity (Wildman–Crippen MR) is 74.0 cm³/mol. The number of anilines is 1. The Morgan fingerprint density at radius 3 is 3.06 bits per heavy atom. The van der Waals surface area contributed by atoms with Crippen LogP contribution in [0.3, 0.4) is 0 Å². The van der Waals surface area contributed by atoms with E-state index in [1.165, 1.54) is 11.5 Å². The van der Waals surface area contributed by atoms with Gasteiger partial charge in [0.1, 0.15) is 10.7 Å². The van der Waals surface area contributed by atoms with Crippen molar-refractivity contribution in [2.24, 2.45) is 0 Å². The molecule has 2 rings (SSSR count). The number of benzene rings is 1. The van der Waals surface area contributed by atoms with Crippen molar-refractivity contribution in [2.75, 3.05) is 11.9 Å². The highest BCUT2D eigenvalue weighted by Crippen LogP contribution is 2.19. The number of hydrogen-bond acceptors (Lipinski definition) is 5. The molecule has 1 heterocycles. The molecule has 1 aromatic carbocycles. The number of aromatic nitrogens is 2. The Kier molecular flexibility index (Phi) is 4.92. The van der Waals surface area contributed by atoms with Gasteiger partial charge in [-0.1, -0.05) is 28.2 Å². The van der Waals surface area contributed by atoms with Crippen LogP contribution >= 0.6 is 23.1 Å². The van der Waals surface area contributed by atoms with E-state index in [0.717, 1.165) is 27.8 Å². The Morgan fingerprint density at radius 1 is 1.39 bits per heavy atom. The van der Waals surface area contributed by atoms with E-state index in [-0.39, 0.29) is 0 Å². The summed E-state index contributed by atoms with van der Waals surface area (Å²) in [5.41, 5.74) is 1.90. The fourth-order valence-corrected chi connectivity index (χ4v) is 2.34. The lowest BCUT2D eigenvalue weighted by Gasteiger charge is -2.05. The van der Waals surface area contributed by atoms with Gasteiger partial charge >= 0.3 is 0 Å². The highest BCUT2D eigenvalue weighted by atomic mass is 35.5. The number of rotatable bonds is 6. The second kappa shape index (κ2) is 6.68. The molecule has 0 saturated heterocycles. The van der Waals surface area contributed by atoms with Crippen molar-refractivity contribution >= 4 is 28.1 Å². The van der Waals surface area contributed by atoms with Gasteiger partial charge in [0.15, 0.2) is 0 Å². The fraction of sp³-hybridized carbons (Fsp3) is 0.333. The van der Waals surface area contributed by atoms with E-state index in [1.54, 1.807) is 0 Å². The average molecular weight is 284 g/mol. The molecule has 0 aliphatic heterocycles. The lowest BCUT2D eigenvalue weighted by Crippen LogP contribution is -2.00. The summed E-state index contributed by atoms with van der Waals surface area (Å²) in [7, 11) is 0. The van der Waals surface area contributed by atoms with E-state index in [2.05, 4.69) is 14.9 Å². The maximum absolute atomic E-state index is 5.90. The molecule has 0 spiro atoms. The van der Waals surface area contributed by atoms with Crippen LogP contribution in [0, 0.1) is 0 Å². The third-order valence-electron chi connectivity index (χ3n) is 2.29. The van der Waals surface area contributed by atoms with Gasteiger partial charge < -0.3 is 10.1 Å². The monoisotopic (exact) mass is 283 g/mol. The van der Waals surface area contributed by atoms with Gasteiger partial charge in [-0.05, 0) is 24.6 Å². The van der Waals surface area contributed by atoms with Gasteiger partial charge in [-0.3, -0.25) is 0 Å². The zero-order chi connectivity index (χ0) is 12.8. The van der Waals surface area contributed by atoms with E-state index in [4.69, 9.17) is 16.3 Å². The summed E-state index contributed by atoms with van der Waals surface area (Å²) >= 11 is 7.25. The zero-order valence-electron chi connectivity index (χ0n) is 10.0. The normalized spacial score (nSPS) is 10.6. The Labute approximate surface area is 115 Å². The molecule has 0 saturated carbocycles. The first-order chi connectivity index (χ1) is 8.79. The lowest BCUT2D eigenvalue weighted by atomic mass is 10.2. The number of nitrogens with one attached hydrogen (secondary N) is 1. The van der Waals surface area contributed by atoms with Gasteiger partial charge in [0.25, 0.3) is 0 Å². The second-order valence-corrected chi connectivity index (χ2v) is 4.89. The third kappa shape index (κ3) is 3.66. The molecular formula is C12H14ClN3OS. The van der Waals surface area contributed by atoms with Crippen LogP contribution in [0.25, 0.3) is 0 Å². The van der Waals surface area contributed by atoms with Crippen LogP contribution in [0.5, 0.6) is 0 Å². The van der Waals surface area contributed by atoms with E-state index < -0.39 is 0 Å². The molecule has 4 nitrogen and oxygen atoms in total. The topological polar surface area (TPSA) is 47.0 Å². The first-order valence-electron chi connectivity index (χ1n) is 5.67. The smallest absolute Gasteiger partial charge is 0.135 e. The van der Waals surface area contributed by atoms with Gasteiger partial charge in [-0.15, -0.1) is 5.10 Å². The van der Waals surface area contributed by atoms with Crippen molar-refractivity contribution in [2.45, 2.75) is 20.1 Å². The Bertz CT molecular complexity index is 504. The van der Waals surface area contributed by atoms with Crippen molar-refractivity contribution in [1.82, 2.24) is 9.59 Å². The molecule has 0 aliphatic rings. The molecule has 1 aromatic heterocycles. The Balaban J connectivity index is 1.86. The van der Waals surface area contributed by atoms with Gasteiger partial charge in [-0.2, -0.15) is 0 Å². The van der Waals surface area contributed by atoms with Crippen LogP contribution in [0.1, 0.15) is 18.2 Å². The predicted octanol–water partition coefficient (Wildman–Crippen LogP) is 3.34. The maximum Gasteiger partial charge on any atom is 0.135 e. The minimum atomic E-state index is 0.450. The van der Waals surface area contributed by atoms with E-state index >= 15 is 0 Å². The molecular weight excluding hydrogens is 270 g/mol. The first-order valence-corrected chi connectivity index (χ1v) is 6.82. The van der Waals surface area contributed by atoms with Gasteiger partial charge in [0.2, 0.25) is 0 Å². The summed E-state index contributed by atoms with van der Waals surface area (Å²) in [5, 5.41) is 8.94. The quantitative estimate of drug-likeness (QED) is 0.883. The molecule has 0 unspecified atom stereocenters. The molecule has 0 atom stereocenters. The van der Waals surface area contributed by atoms with Crippen LogP contribution in [0.4, 0.5) is 5.00 Å². The van der Waals surface area contributed by atoms with E-state index in [1.807, 2.05) is 31.2 Å². The number of hydrogen-bond donors (Lipinski definition) is 1. The summed E-state index contributed by atoms with van der Waals surface area (Å²) in [6.45, 7) is 3.86. The zero-order valence-corrected chi connectivity index (χ0v) is 11.6. The molecule has 2 aromatic rings. The highest BCUT2D eigenvalue weighted by Gasteiger charge is 2.06. The maximum atomic E-state index is 5.90. The Morgan fingerprint density at radius 2 is 2.28 bits per heavy atom. The standard InChI is InChI=1S/C12H14ClN3OS/c1-2-14-12-11(15-16-18-12)8-17-7-9-4-3-5-10(13)6-9/h3-6,14H,2,7-8H2,1H3. The molecule has 18 heavy (non-hydrogen) atoms. The van der Waals surface area contributed by atoms with Crippen molar-refractivity contribution in [1.29, 1.82) is 0 Å². The van der Waals surface area contributed by atoms with Crippen LogP contribution in [-0.4, -0.2) is 16.1 Å². The van der Waals surface area contributed by atoms with Crippen LogP contribution in [-0.2, 0) is 18.0 Å². The van der Waals surface area contributed by atoms with Crippen molar-refractivity contribution in [3.63, 3.8) is 0 Å². The molecule has 0 amide bonds. The van der Waals surface area contributed by atoms with Crippen LogP contribution in [0.15, 0.2) is 24.3 Å². The summed E-state index contributed by atoms with van der Waals surface area (Å²) in [5.74, 6) is 0. The SMILES string of the molecule is CCNc1snnc1COCc1cccc(Cl)c1. The van der Waals surface area contributed by atoms with Gasteiger partial charge in [-0.25, -0.2) is 0 Å². The van der Waals surface area contributed by atoms with Gasteiger partial charge in [0, 0.05) is 23.1 Å². The number of ether oxygens (including phenoxy) is 1. The van der Waals surface area contributed by atoms with Crippen LogP contribution in [0.2, 0.25) is 5.02 Å². The van der Waals surface area contributed by atoms with Crippen LogP contribution < -0.4 is 5.32 Å². The molecule has 0 bridgehead atoms. The van der Waals surface area contributed by atoms with Crippen molar-refractivity contribution in [3.05, 3.63) is 40.5 Å². The summed E-state index contributed by atoms with van der Waals surface area (Å²) in [4.78, 5) is 0. The molecule has 6 heteroatoms. The molecule has 0 radical (unpaired) electrons. The Hall–Kier alpha value is -1.17. The highest BCUT2D eigenvalue weighted by molar-refractivity contribution is 7.10. The van der Waals surface area contributed by atoms with E-state index in [9.17, 15) is 0 Å². The number of halogens is 1. The molecule has 96 valence electrons. The summed E-state index contributed by atoms with van der Waals surface area (Å²) in [6, 6.07) is 7.64.